The number of hydrogen-bond donors (Lipinski definition) is 1. The quantitative estimate of drug-likeness (QED) is 0.764. The monoisotopic (exact) mass is 337 g/mol. The molecule has 0 aliphatic carbocycles. The average molecular weight is 338 g/mol. The normalized spacial score (nSPS) is 12.0. The van der Waals surface area contributed by atoms with E-state index in [1.165, 1.54) is 12.1 Å². The van der Waals surface area contributed by atoms with E-state index in [1.54, 1.807) is 23.9 Å². The molecule has 1 N–H and O–H groups in total. The Hall–Kier alpha value is -1.52. The van der Waals surface area contributed by atoms with E-state index in [4.69, 9.17) is 11.6 Å². The van der Waals surface area contributed by atoms with Crippen molar-refractivity contribution in [1.29, 1.82) is 0 Å². The van der Waals surface area contributed by atoms with Crippen molar-refractivity contribution in [2.75, 3.05) is 5.75 Å². The zero-order valence-corrected chi connectivity index (χ0v) is 13.8. The highest BCUT2D eigenvalue weighted by atomic mass is 35.5. The number of amides is 1. The lowest BCUT2D eigenvalue weighted by Gasteiger charge is -2.14. The molecule has 2 nitrogen and oxygen atoms in total. The summed E-state index contributed by atoms with van der Waals surface area (Å²) in [5.74, 6) is 0.406. The van der Waals surface area contributed by atoms with Crippen molar-refractivity contribution in [3.63, 3.8) is 0 Å². The topological polar surface area (TPSA) is 29.1 Å². The summed E-state index contributed by atoms with van der Waals surface area (Å²) in [6.07, 6.45) is 0.429. The molecule has 0 saturated heterocycles. The molecule has 0 aromatic heterocycles. The standard InChI is InChI=1S/C17H17ClFNOS/c1-12(13-2-6-15(19)7-3-13)20-17(21)10-11-22-16-8-4-14(18)5-9-16/h2-9,12H,10-11H2,1H3,(H,20,21). The van der Waals surface area contributed by atoms with Gasteiger partial charge >= 0.3 is 0 Å². The molecule has 116 valence electrons. The number of carbonyl (C=O) groups excluding carboxylic acids is 1. The van der Waals surface area contributed by atoms with Gasteiger partial charge in [0.1, 0.15) is 5.82 Å². The van der Waals surface area contributed by atoms with Crippen LogP contribution in [0.5, 0.6) is 0 Å². The van der Waals surface area contributed by atoms with Crippen LogP contribution in [-0.2, 0) is 4.79 Å². The van der Waals surface area contributed by atoms with Crippen molar-refractivity contribution in [2.24, 2.45) is 0 Å². The predicted molar refractivity (Wildman–Crippen MR) is 89.8 cm³/mol. The number of hydrogen-bond acceptors (Lipinski definition) is 2. The van der Waals surface area contributed by atoms with Crippen LogP contribution in [0.4, 0.5) is 4.39 Å². The van der Waals surface area contributed by atoms with Gasteiger partial charge in [0.15, 0.2) is 0 Å². The van der Waals surface area contributed by atoms with Crippen molar-refractivity contribution in [3.05, 3.63) is 64.9 Å². The van der Waals surface area contributed by atoms with E-state index in [2.05, 4.69) is 5.32 Å². The van der Waals surface area contributed by atoms with Crippen LogP contribution in [0.15, 0.2) is 53.4 Å². The molecule has 1 unspecified atom stereocenters. The SMILES string of the molecule is CC(NC(=O)CCSc1ccc(Cl)cc1)c1ccc(F)cc1. The summed E-state index contributed by atoms with van der Waals surface area (Å²) in [5.41, 5.74) is 0.889. The lowest BCUT2D eigenvalue weighted by Crippen LogP contribution is -2.26. The zero-order valence-electron chi connectivity index (χ0n) is 12.2. The lowest BCUT2D eigenvalue weighted by molar-refractivity contribution is -0.121. The van der Waals surface area contributed by atoms with Gasteiger partial charge in [0.05, 0.1) is 6.04 Å². The van der Waals surface area contributed by atoms with Gasteiger partial charge in [0.2, 0.25) is 5.91 Å². The second-order valence-corrected chi connectivity index (χ2v) is 6.50. The summed E-state index contributed by atoms with van der Waals surface area (Å²) in [4.78, 5) is 13.0. The number of thioether (sulfide) groups is 1. The van der Waals surface area contributed by atoms with Gasteiger partial charge in [0.25, 0.3) is 0 Å². The number of carbonyl (C=O) groups is 1. The molecule has 0 heterocycles. The second-order valence-electron chi connectivity index (χ2n) is 4.89. The molecule has 0 saturated carbocycles. The van der Waals surface area contributed by atoms with Gasteiger partial charge in [0, 0.05) is 22.1 Å². The summed E-state index contributed by atoms with van der Waals surface area (Å²) >= 11 is 7.44. The molecule has 0 fully saturated rings. The molecule has 1 amide bonds. The fourth-order valence-corrected chi connectivity index (χ4v) is 2.92. The number of benzene rings is 2. The van der Waals surface area contributed by atoms with Gasteiger partial charge in [-0.3, -0.25) is 4.79 Å². The Bertz CT molecular complexity index is 616. The highest BCUT2D eigenvalue weighted by Crippen LogP contribution is 2.21. The van der Waals surface area contributed by atoms with Gasteiger partial charge in [-0.2, -0.15) is 0 Å². The average Bonchev–Trinajstić information content (AvgIpc) is 2.50. The Labute approximate surface area is 139 Å². The lowest BCUT2D eigenvalue weighted by atomic mass is 10.1. The van der Waals surface area contributed by atoms with E-state index < -0.39 is 0 Å². The Balaban J connectivity index is 1.75. The van der Waals surface area contributed by atoms with Crippen molar-refractivity contribution in [2.45, 2.75) is 24.3 Å². The summed E-state index contributed by atoms with van der Waals surface area (Å²) in [6, 6.07) is 13.6. The molecular weight excluding hydrogens is 321 g/mol. The smallest absolute Gasteiger partial charge is 0.221 e. The molecule has 2 aromatic rings. The molecule has 0 bridgehead atoms. The van der Waals surface area contributed by atoms with Crippen LogP contribution in [0.3, 0.4) is 0 Å². The van der Waals surface area contributed by atoms with Crippen LogP contribution in [0, 0.1) is 5.82 Å². The van der Waals surface area contributed by atoms with Crippen LogP contribution in [0.1, 0.15) is 24.9 Å². The van der Waals surface area contributed by atoms with Crippen molar-refractivity contribution in [1.82, 2.24) is 5.32 Å². The minimum Gasteiger partial charge on any atom is -0.350 e. The first-order valence-electron chi connectivity index (χ1n) is 6.98. The van der Waals surface area contributed by atoms with Gasteiger partial charge in [-0.05, 0) is 48.9 Å². The van der Waals surface area contributed by atoms with Gasteiger partial charge in [-0.25, -0.2) is 4.39 Å². The maximum Gasteiger partial charge on any atom is 0.221 e. The first-order chi connectivity index (χ1) is 10.5. The number of rotatable bonds is 6. The van der Waals surface area contributed by atoms with Crippen LogP contribution >= 0.6 is 23.4 Å². The molecule has 2 rings (SSSR count). The van der Waals surface area contributed by atoms with E-state index in [1.807, 2.05) is 31.2 Å². The maximum absolute atomic E-state index is 12.9. The van der Waals surface area contributed by atoms with Crippen LogP contribution < -0.4 is 5.32 Å². The number of halogens is 2. The van der Waals surface area contributed by atoms with E-state index in [0.29, 0.717) is 17.2 Å². The Morgan fingerprint density at radius 3 is 2.45 bits per heavy atom. The molecule has 5 heteroatoms. The van der Waals surface area contributed by atoms with Crippen LogP contribution in [0.25, 0.3) is 0 Å². The van der Waals surface area contributed by atoms with Crippen molar-refractivity contribution >= 4 is 29.3 Å². The maximum atomic E-state index is 12.9. The van der Waals surface area contributed by atoms with Crippen molar-refractivity contribution < 1.29 is 9.18 Å². The molecule has 2 aromatic carbocycles. The first kappa shape index (κ1) is 16.8. The Kier molecular flexibility index (Phi) is 6.28. The molecule has 22 heavy (non-hydrogen) atoms. The fraction of sp³-hybridized carbons (Fsp3) is 0.235. The molecular formula is C17H17ClFNOS. The Morgan fingerprint density at radius 1 is 1.18 bits per heavy atom. The van der Waals surface area contributed by atoms with Crippen LogP contribution in [-0.4, -0.2) is 11.7 Å². The summed E-state index contributed by atoms with van der Waals surface area (Å²) in [7, 11) is 0. The van der Waals surface area contributed by atoms with E-state index in [0.717, 1.165) is 10.5 Å². The van der Waals surface area contributed by atoms with Gasteiger partial charge in [-0.1, -0.05) is 23.7 Å². The molecule has 0 radical (unpaired) electrons. The van der Waals surface area contributed by atoms with E-state index in [9.17, 15) is 9.18 Å². The summed E-state index contributed by atoms with van der Waals surface area (Å²) < 4.78 is 12.9. The molecule has 0 spiro atoms. The first-order valence-corrected chi connectivity index (χ1v) is 8.34. The van der Waals surface area contributed by atoms with Gasteiger partial charge in [-0.15, -0.1) is 11.8 Å². The van der Waals surface area contributed by atoms with E-state index >= 15 is 0 Å². The highest BCUT2D eigenvalue weighted by Gasteiger charge is 2.09. The highest BCUT2D eigenvalue weighted by molar-refractivity contribution is 7.99. The van der Waals surface area contributed by atoms with Crippen LogP contribution in [0.2, 0.25) is 5.02 Å². The third kappa shape index (κ3) is 5.35. The van der Waals surface area contributed by atoms with Gasteiger partial charge < -0.3 is 5.32 Å². The molecule has 0 aliphatic heterocycles. The number of nitrogens with one attached hydrogen (secondary N) is 1. The third-order valence-corrected chi connectivity index (χ3v) is 4.42. The largest absolute Gasteiger partial charge is 0.350 e. The fourth-order valence-electron chi connectivity index (χ4n) is 1.94. The van der Waals surface area contributed by atoms with Crippen molar-refractivity contribution in [3.8, 4) is 0 Å². The summed E-state index contributed by atoms with van der Waals surface area (Å²) in [5, 5.41) is 3.62. The second kappa shape index (κ2) is 8.20. The molecule has 1 atom stereocenters. The van der Waals surface area contributed by atoms with E-state index in [-0.39, 0.29) is 17.8 Å². The minimum atomic E-state index is -0.276. The zero-order chi connectivity index (χ0) is 15.9. The molecule has 0 aliphatic rings. The summed E-state index contributed by atoms with van der Waals surface area (Å²) in [6.45, 7) is 1.89. The predicted octanol–water partition coefficient (Wildman–Crippen LogP) is 4.84. The minimum absolute atomic E-state index is 0.0155. The third-order valence-electron chi connectivity index (χ3n) is 3.16. The Morgan fingerprint density at radius 2 is 1.82 bits per heavy atom.